The normalized spacial score (nSPS) is 10.0. The zero-order chi connectivity index (χ0) is 11.7. The van der Waals surface area contributed by atoms with E-state index in [1.54, 1.807) is 6.07 Å². The molecule has 1 aromatic heterocycles. The summed E-state index contributed by atoms with van der Waals surface area (Å²) in [5, 5.41) is 17.9. The molecule has 0 amide bonds. The molecule has 6 heteroatoms. The van der Waals surface area contributed by atoms with E-state index in [1.807, 2.05) is 0 Å². The molecule has 0 spiro atoms. The van der Waals surface area contributed by atoms with E-state index in [0.29, 0.717) is 0 Å². The van der Waals surface area contributed by atoms with Crippen LogP contribution in [0.4, 0.5) is 4.39 Å². The zero-order valence-electron chi connectivity index (χ0n) is 7.91. The molecule has 0 bridgehead atoms. The van der Waals surface area contributed by atoms with Gasteiger partial charge in [0.1, 0.15) is 11.5 Å². The third-order valence-electron chi connectivity index (χ3n) is 2.07. The van der Waals surface area contributed by atoms with Gasteiger partial charge >= 0.3 is 5.69 Å². The average molecular weight is 219 g/mol. The summed E-state index contributed by atoms with van der Waals surface area (Å²) in [4.78, 5) is 15.2. The molecule has 0 fully saturated rings. The Hall–Kier alpha value is -2.55. The van der Waals surface area contributed by atoms with E-state index in [2.05, 4.69) is 9.97 Å². The lowest BCUT2D eigenvalue weighted by molar-refractivity contribution is 0.457. The van der Waals surface area contributed by atoms with Crippen LogP contribution in [0.2, 0.25) is 0 Å². The van der Waals surface area contributed by atoms with Gasteiger partial charge in [0, 0.05) is 5.56 Å². The summed E-state index contributed by atoms with van der Waals surface area (Å²) in [5.74, 6) is -1.13. The SMILES string of the molecule is N#Cc1ccc(-c2[nH]c(=O)[nH]c2O)c(F)c1. The van der Waals surface area contributed by atoms with Gasteiger partial charge in [-0.25, -0.2) is 9.18 Å². The Morgan fingerprint density at radius 1 is 1.38 bits per heavy atom. The molecule has 0 atom stereocenters. The number of halogens is 1. The minimum Gasteiger partial charge on any atom is -0.493 e. The Morgan fingerprint density at radius 3 is 2.62 bits per heavy atom. The molecule has 0 saturated heterocycles. The number of imidazole rings is 1. The Balaban J connectivity index is 2.62. The van der Waals surface area contributed by atoms with Gasteiger partial charge < -0.3 is 10.1 Å². The Bertz CT molecular complexity index is 636. The molecule has 2 rings (SSSR count). The van der Waals surface area contributed by atoms with Crippen LogP contribution in [0.1, 0.15) is 5.56 Å². The van der Waals surface area contributed by atoms with Crippen LogP contribution in [0.15, 0.2) is 23.0 Å². The van der Waals surface area contributed by atoms with Crippen molar-refractivity contribution in [3.8, 4) is 23.2 Å². The number of aromatic amines is 2. The van der Waals surface area contributed by atoms with E-state index in [9.17, 15) is 14.3 Å². The molecule has 16 heavy (non-hydrogen) atoms. The number of aromatic nitrogens is 2. The van der Waals surface area contributed by atoms with Gasteiger partial charge in [-0.1, -0.05) is 0 Å². The van der Waals surface area contributed by atoms with Crippen molar-refractivity contribution in [2.75, 3.05) is 0 Å². The van der Waals surface area contributed by atoms with Crippen molar-refractivity contribution < 1.29 is 9.50 Å². The number of nitriles is 1. The van der Waals surface area contributed by atoms with E-state index in [1.165, 1.54) is 12.1 Å². The highest BCUT2D eigenvalue weighted by Crippen LogP contribution is 2.26. The molecule has 1 aromatic carbocycles. The summed E-state index contributed by atoms with van der Waals surface area (Å²) in [6.07, 6.45) is 0. The fraction of sp³-hybridized carbons (Fsp3) is 0. The lowest BCUT2D eigenvalue weighted by atomic mass is 10.1. The first-order valence-corrected chi connectivity index (χ1v) is 4.33. The highest BCUT2D eigenvalue weighted by molar-refractivity contribution is 5.65. The first-order chi connectivity index (χ1) is 7.61. The van der Waals surface area contributed by atoms with Crippen molar-refractivity contribution >= 4 is 0 Å². The van der Waals surface area contributed by atoms with Crippen molar-refractivity contribution in [3.05, 3.63) is 40.1 Å². The third kappa shape index (κ3) is 1.54. The second-order valence-electron chi connectivity index (χ2n) is 3.11. The first-order valence-electron chi connectivity index (χ1n) is 4.33. The molecule has 80 valence electrons. The van der Waals surface area contributed by atoms with Crippen molar-refractivity contribution in [2.24, 2.45) is 0 Å². The average Bonchev–Trinajstić information content (AvgIpc) is 2.57. The highest BCUT2D eigenvalue weighted by Gasteiger charge is 2.13. The lowest BCUT2D eigenvalue weighted by Gasteiger charge is -2.00. The monoisotopic (exact) mass is 219 g/mol. The van der Waals surface area contributed by atoms with Crippen LogP contribution in [-0.2, 0) is 0 Å². The van der Waals surface area contributed by atoms with Gasteiger partial charge in [0.15, 0.2) is 0 Å². The van der Waals surface area contributed by atoms with E-state index in [4.69, 9.17) is 5.26 Å². The van der Waals surface area contributed by atoms with Crippen molar-refractivity contribution in [1.82, 2.24) is 9.97 Å². The summed E-state index contributed by atoms with van der Waals surface area (Å²) in [7, 11) is 0. The molecule has 2 aromatic rings. The quantitative estimate of drug-likeness (QED) is 0.670. The molecule has 0 aliphatic rings. The maximum absolute atomic E-state index is 13.5. The summed E-state index contributed by atoms with van der Waals surface area (Å²) in [6.45, 7) is 0. The number of hydrogen-bond donors (Lipinski definition) is 3. The molecule has 0 aliphatic heterocycles. The predicted octanol–water partition coefficient (Wildman–Crippen LogP) is 1.09. The second kappa shape index (κ2) is 3.55. The molecule has 0 radical (unpaired) electrons. The summed E-state index contributed by atoms with van der Waals surface area (Å²) in [6, 6.07) is 5.52. The Labute approximate surface area is 88.8 Å². The topological polar surface area (TPSA) is 92.7 Å². The first kappa shape index (κ1) is 9.98. The largest absolute Gasteiger partial charge is 0.493 e. The number of nitrogens with one attached hydrogen (secondary N) is 2. The molecule has 5 nitrogen and oxygen atoms in total. The summed E-state index contributed by atoms with van der Waals surface area (Å²) in [5.41, 5.74) is -0.475. The van der Waals surface area contributed by atoms with Gasteiger partial charge in [0.2, 0.25) is 5.88 Å². The molecule has 0 aliphatic carbocycles. The van der Waals surface area contributed by atoms with Crippen molar-refractivity contribution in [1.29, 1.82) is 5.26 Å². The van der Waals surface area contributed by atoms with E-state index >= 15 is 0 Å². The van der Waals surface area contributed by atoms with Gasteiger partial charge in [-0.15, -0.1) is 0 Å². The minimum atomic E-state index is -0.690. The zero-order valence-corrected chi connectivity index (χ0v) is 7.91. The molecular weight excluding hydrogens is 213 g/mol. The molecule has 3 N–H and O–H groups in total. The molecule has 0 unspecified atom stereocenters. The number of hydrogen-bond acceptors (Lipinski definition) is 3. The van der Waals surface area contributed by atoms with Crippen LogP contribution in [0.3, 0.4) is 0 Å². The smallest absolute Gasteiger partial charge is 0.326 e. The fourth-order valence-electron chi connectivity index (χ4n) is 1.36. The van der Waals surface area contributed by atoms with E-state index in [0.717, 1.165) is 6.07 Å². The minimum absolute atomic E-state index is 0.0230. The molecule has 1 heterocycles. The van der Waals surface area contributed by atoms with Gasteiger partial charge in [0.25, 0.3) is 0 Å². The number of nitrogens with zero attached hydrogens (tertiary/aromatic N) is 1. The highest BCUT2D eigenvalue weighted by atomic mass is 19.1. The number of H-pyrrole nitrogens is 2. The Morgan fingerprint density at radius 2 is 2.12 bits per heavy atom. The van der Waals surface area contributed by atoms with Crippen LogP contribution in [-0.4, -0.2) is 15.1 Å². The summed E-state index contributed by atoms with van der Waals surface area (Å²) < 4.78 is 13.5. The predicted molar refractivity (Wildman–Crippen MR) is 53.2 cm³/mol. The van der Waals surface area contributed by atoms with Crippen molar-refractivity contribution in [2.45, 2.75) is 0 Å². The summed E-state index contributed by atoms with van der Waals surface area (Å²) >= 11 is 0. The van der Waals surface area contributed by atoms with Crippen molar-refractivity contribution in [3.63, 3.8) is 0 Å². The fourth-order valence-corrected chi connectivity index (χ4v) is 1.36. The number of benzene rings is 1. The van der Waals surface area contributed by atoms with Crippen LogP contribution >= 0.6 is 0 Å². The van der Waals surface area contributed by atoms with Crippen LogP contribution < -0.4 is 5.69 Å². The van der Waals surface area contributed by atoms with E-state index < -0.39 is 17.4 Å². The number of aromatic hydroxyl groups is 1. The lowest BCUT2D eigenvalue weighted by Crippen LogP contribution is -2.00. The maximum Gasteiger partial charge on any atom is 0.326 e. The molecular formula is C10H6FN3O2. The van der Waals surface area contributed by atoms with Gasteiger partial charge in [-0.05, 0) is 18.2 Å². The number of rotatable bonds is 1. The maximum atomic E-state index is 13.5. The Kier molecular flexibility index (Phi) is 2.21. The van der Waals surface area contributed by atoms with E-state index in [-0.39, 0.29) is 16.8 Å². The van der Waals surface area contributed by atoms with Gasteiger partial charge in [0.05, 0.1) is 11.6 Å². The third-order valence-corrected chi connectivity index (χ3v) is 2.07. The van der Waals surface area contributed by atoms with Gasteiger partial charge in [-0.3, -0.25) is 4.98 Å². The van der Waals surface area contributed by atoms with Crippen LogP contribution in [0.25, 0.3) is 11.3 Å². The van der Waals surface area contributed by atoms with Crippen LogP contribution in [0.5, 0.6) is 5.88 Å². The van der Waals surface area contributed by atoms with Gasteiger partial charge in [-0.2, -0.15) is 5.26 Å². The molecule has 0 saturated carbocycles. The standard InChI is InChI=1S/C10H6FN3O2/c11-7-3-5(4-12)1-2-6(7)8-9(15)14-10(16)13-8/h1-3,15H,(H2,13,14,16). The second-order valence-corrected chi connectivity index (χ2v) is 3.11. The van der Waals surface area contributed by atoms with Crippen LogP contribution in [0, 0.1) is 17.1 Å².